The third-order valence-electron chi connectivity index (χ3n) is 4.25. The Kier molecular flexibility index (Phi) is 4.99. The SMILES string of the molecule is Cc1ccsc1CN(C)C(=O)C1CCCCC1CN. The number of nitrogens with two attached hydrogens (primary N) is 1. The molecule has 2 N–H and O–H groups in total. The number of thiophene rings is 1. The molecule has 2 rings (SSSR count). The smallest absolute Gasteiger partial charge is 0.226 e. The summed E-state index contributed by atoms with van der Waals surface area (Å²) >= 11 is 1.73. The van der Waals surface area contributed by atoms with Gasteiger partial charge in [0, 0.05) is 17.8 Å². The second-order valence-corrected chi connectivity index (χ2v) is 6.61. The highest BCUT2D eigenvalue weighted by Gasteiger charge is 2.31. The predicted octanol–water partition coefficient (Wildman–Crippen LogP) is 2.78. The van der Waals surface area contributed by atoms with Crippen molar-refractivity contribution in [3.8, 4) is 0 Å². The third-order valence-corrected chi connectivity index (χ3v) is 5.26. The quantitative estimate of drug-likeness (QED) is 0.922. The summed E-state index contributed by atoms with van der Waals surface area (Å²) in [6, 6.07) is 2.11. The molecule has 1 saturated carbocycles. The number of hydrogen-bond acceptors (Lipinski definition) is 3. The van der Waals surface area contributed by atoms with Crippen LogP contribution in [0.4, 0.5) is 0 Å². The van der Waals surface area contributed by atoms with Gasteiger partial charge in [0.05, 0.1) is 6.54 Å². The summed E-state index contributed by atoms with van der Waals surface area (Å²) in [7, 11) is 1.92. The molecule has 0 spiro atoms. The van der Waals surface area contributed by atoms with Crippen molar-refractivity contribution in [2.45, 2.75) is 39.2 Å². The second kappa shape index (κ2) is 6.53. The van der Waals surface area contributed by atoms with Gasteiger partial charge in [0.15, 0.2) is 0 Å². The van der Waals surface area contributed by atoms with Crippen LogP contribution in [0.15, 0.2) is 11.4 Å². The van der Waals surface area contributed by atoms with E-state index < -0.39 is 0 Å². The van der Waals surface area contributed by atoms with Crippen LogP contribution in [-0.2, 0) is 11.3 Å². The van der Waals surface area contributed by atoms with Gasteiger partial charge in [0.25, 0.3) is 0 Å². The number of nitrogens with zero attached hydrogens (tertiary/aromatic N) is 1. The van der Waals surface area contributed by atoms with E-state index in [0.29, 0.717) is 12.5 Å². The number of carbonyl (C=O) groups is 1. The first-order chi connectivity index (χ1) is 9.13. The largest absolute Gasteiger partial charge is 0.340 e. The minimum atomic E-state index is 0.143. The van der Waals surface area contributed by atoms with Crippen molar-refractivity contribution in [1.29, 1.82) is 0 Å². The van der Waals surface area contributed by atoms with Crippen molar-refractivity contribution < 1.29 is 4.79 Å². The lowest BCUT2D eigenvalue weighted by molar-refractivity contribution is -0.137. The molecule has 1 fully saturated rings. The first kappa shape index (κ1) is 14.5. The lowest BCUT2D eigenvalue weighted by atomic mass is 9.78. The fraction of sp³-hybridized carbons (Fsp3) is 0.667. The molecule has 1 heterocycles. The molecule has 19 heavy (non-hydrogen) atoms. The number of amides is 1. The van der Waals surface area contributed by atoms with Crippen LogP contribution in [-0.4, -0.2) is 24.4 Å². The van der Waals surface area contributed by atoms with Gasteiger partial charge < -0.3 is 10.6 Å². The summed E-state index contributed by atoms with van der Waals surface area (Å²) in [5.41, 5.74) is 7.10. The summed E-state index contributed by atoms with van der Waals surface area (Å²) in [6.07, 6.45) is 4.51. The van der Waals surface area contributed by atoms with Crippen LogP contribution in [0.25, 0.3) is 0 Å². The third kappa shape index (κ3) is 3.37. The van der Waals surface area contributed by atoms with Gasteiger partial charge in [-0.15, -0.1) is 11.3 Å². The van der Waals surface area contributed by atoms with Gasteiger partial charge in [-0.25, -0.2) is 0 Å². The Bertz CT molecular complexity index is 430. The van der Waals surface area contributed by atoms with Crippen LogP contribution < -0.4 is 5.73 Å². The zero-order valence-electron chi connectivity index (χ0n) is 11.9. The maximum absolute atomic E-state index is 12.6. The molecule has 1 aromatic rings. The Labute approximate surface area is 119 Å². The van der Waals surface area contributed by atoms with Crippen LogP contribution in [0, 0.1) is 18.8 Å². The van der Waals surface area contributed by atoms with Gasteiger partial charge in [0.1, 0.15) is 0 Å². The predicted molar refractivity (Wildman–Crippen MR) is 80.0 cm³/mol. The van der Waals surface area contributed by atoms with Gasteiger partial charge >= 0.3 is 0 Å². The van der Waals surface area contributed by atoms with Gasteiger partial charge in [0.2, 0.25) is 5.91 Å². The van der Waals surface area contributed by atoms with E-state index in [1.54, 1.807) is 11.3 Å². The van der Waals surface area contributed by atoms with Gasteiger partial charge in [-0.05, 0) is 49.2 Å². The molecule has 0 aliphatic heterocycles. The molecule has 1 aromatic heterocycles. The van der Waals surface area contributed by atoms with Gasteiger partial charge in [-0.2, -0.15) is 0 Å². The van der Waals surface area contributed by atoms with Crippen LogP contribution >= 0.6 is 11.3 Å². The monoisotopic (exact) mass is 280 g/mol. The van der Waals surface area contributed by atoms with Crippen molar-refractivity contribution in [3.05, 3.63) is 21.9 Å². The van der Waals surface area contributed by atoms with E-state index in [2.05, 4.69) is 18.4 Å². The average Bonchev–Trinajstić information content (AvgIpc) is 2.83. The Morgan fingerprint density at radius 2 is 2.21 bits per heavy atom. The molecule has 106 valence electrons. The molecular weight excluding hydrogens is 256 g/mol. The second-order valence-electron chi connectivity index (χ2n) is 5.61. The summed E-state index contributed by atoms with van der Waals surface area (Å²) < 4.78 is 0. The summed E-state index contributed by atoms with van der Waals surface area (Å²) in [5, 5.41) is 2.09. The number of hydrogen-bond donors (Lipinski definition) is 1. The zero-order chi connectivity index (χ0) is 13.8. The molecule has 0 saturated heterocycles. The van der Waals surface area contributed by atoms with Crippen molar-refractivity contribution >= 4 is 17.2 Å². The average molecular weight is 280 g/mol. The Balaban J connectivity index is 2.00. The van der Waals surface area contributed by atoms with Crippen molar-refractivity contribution in [3.63, 3.8) is 0 Å². The van der Waals surface area contributed by atoms with E-state index in [1.807, 2.05) is 11.9 Å². The fourth-order valence-electron chi connectivity index (χ4n) is 2.96. The maximum Gasteiger partial charge on any atom is 0.226 e. The van der Waals surface area contributed by atoms with Crippen LogP contribution in [0.1, 0.15) is 36.1 Å². The summed E-state index contributed by atoms with van der Waals surface area (Å²) in [5.74, 6) is 0.806. The molecule has 0 bridgehead atoms. The molecule has 3 nitrogen and oxygen atoms in total. The molecule has 4 heteroatoms. The number of rotatable bonds is 4. The lowest BCUT2D eigenvalue weighted by Gasteiger charge is -2.32. The molecule has 2 unspecified atom stereocenters. The van der Waals surface area contributed by atoms with E-state index in [-0.39, 0.29) is 11.8 Å². The van der Waals surface area contributed by atoms with Gasteiger partial charge in [-0.1, -0.05) is 12.8 Å². The normalized spacial score (nSPS) is 23.3. The minimum absolute atomic E-state index is 0.143. The number of aryl methyl sites for hydroxylation is 1. The molecule has 1 amide bonds. The highest BCUT2D eigenvalue weighted by Crippen LogP contribution is 2.31. The van der Waals surface area contributed by atoms with Crippen LogP contribution in [0.2, 0.25) is 0 Å². The summed E-state index contributed by atoms with van der Waals surface area (Å²) in [6.45, 7) is 3.48. The van der Waals surface area contributed by atoms with Crippen LogP contribution in [0.3, 0.4) is 0 Å². The van der Waals surface area contributed by atoms with Crippen molar-refractivity contribution in [1.82, 2.24) is 4.90 Å². The highest BCUT2D eigenvalue weighted by molar-refractivity contribution is 7.10. The lowest BCUT2D eigenvalue weighted by Crippen LogP contribution is -2.40. The zero-order valence-corrected chi connectivity index (χ0v) is 12.7. The topological polar surface area (TPSA) is 46.3 Å². The molecular formula is C15H24N2OS. The van der Waals surface area contributed by atoms with Crippen LogP contribution in [0.5, 0.6) is 0 Å². The molecule has 0 radical (unpaired) electrons. The van der Waals surface area contributed by atoms with Gasteiger partial charge in [-0.3, -0.25) is 4.79 Å². The fourth-order valence-corrected chi connectivity index (χ4v) is 3.92. The first-order valence-electron chi connectivity index (χ1n) is 7.11. The van der Waals surface area contributed by atoms with E-state index in [1.165, 1.54) is 23.3 Å². The van der Waals surface area contributed by atoms with E-state index in [4.69, 9.17) is 5.73 Å². The Morgan fingerprint density at radius 1 is 1.47 bits per heavy atom. The van der Waals surface area contributed by atoms with Crippen molar-refractivity contribution in [2.24, 2.45) is 17.6 Å². The molecule has 2 atom stereocenters. The maximum atomic E-state index is 12.6. The van der Waals surface area contributed by atoms with E-state index >= 15 is 0 Å². The molecule has 1 aliphatic carbocycles. The Morgan fingerprint density at radius 3 is 2.84 bits per heavy atom. The standard InChI is InChI=1S/C15H24N2OS/c1-11-7-8-19-14(11)10-17(2)15(18)13-6-4-3-5-12(13)9-16/h7-8,12-13H,3-6,9-10,16H2,1-2H3. The number of carbonyl (C=O) groups excluding carboxylic acids is 1. The summed E-state index contributed by atoms with van der Waals surface area (Å²) in [4.78, 5) is 15.8. The molecule has 0 aromatic carbocycles. The van der Waals surface area contributed by atoms with Crippen molar-refractivity contribution in [2.75, 3.05) is 13.6 Å². The molecule has 1 aliphatic rings. The first-order valence-corrected chi connectivity index (χ1v) is 7.99. The Hall–Kier alpha value is -0.870. The highest BCUT2D eigenvalue weighted by atomic mass is 32.1. The minimum Gasteiger partial charge on any atom is -0.340 e. The van der Waals surface area contributed by atoms with E-state index in [0.717, 1.165) is 19.4 Å². The van der Waals surface area contributed by atoms with E-state index in [9.17, 15) is 4.79 Å².